The van der Waals surface area contributed by atoms with Crippen molar-refractivity contribution in [3.05, 3.63) is 42.0 Å². The first kappa shape index (κ1) is 22.0. The van der Waals surface area contributed by atoms with E-state index in [2.05, 4.69) is 46.2 Å². The molecular weight excluding hydrogens is 364 g/mol. The lowest BCUT2D eigenvalue weighted by atomic mass is 9.87. The average molecular weight is 401 g/mol. The van der Waals surface area contributed by atoms with Gasteiger partial charge in [0.1, 0.15) is 0 Å². The lowest BCUT2D eigenvalue weighted by molar-refractivity contribution is -0.151. The molecule has 2 atom stereocenters. The lowest BCUT2D eigenvalue weighted by Crippen LogP contribution is -2.46. The Labute approximate surface area is 175 Å². The summed E-state index contributed by atoms with van der Waals surface area (Å²) in [7, 11) is 1.73. The fraction of sp³-hybridized carbons (Fsp3) is 0.625. The van der Waals surface area contributed by atoms with Gasteiger partial charge in [0, 0.05) is 46.4 Å². The summed E-state index contributed by atoms with van der Waals surface area (Å²) in [6, 6.07) is 10.4. The molecule has 1 heterocycles. The number of hydrogen-bond acceptors (Lipinski definition) is 5. The molecule has 0 N–H and O–H groups in total. The zero-order valence-electron chi connectivity index (χ0n) is 17.8. The van der Waals surface area contributed by atoms with Crippen LogP contribution in [0.5, 0.6) is 0 Å². The Bertz CT molecular complexity index is 626. The third-order valence-corrected chi connectivity index (χ3v) is 6.09. The minimum absolute atomic E-state index is 0.0261. The van der Waals surface area contributed by atoms with Gasteiger partial charge in [-0.05, 0) is 31.2 Å². The van der Waals surface area contributed by atoms with E-state index in [1.807, 2.05) is 6.07 Å². The molecule has 2 fully saturated rings. The van der Waals surface area contributed by atoms with E-state index in [1.54, 1.807) is 7.11 Å². The van der Waals surface area contributed by atoms with Crippen molar-refractivity contribution in [2.24, 2.45) is 5.92 Å². The Kier molecular flexibility index (Phi) is 9.19. The van der Waals surface area contributed by atoms with Gasteiger partial charge in [0.25, 0.3) is 0 Å². The summed E-state index contributed by atoms with van der Waals surface area (Å²) >= 11 is 0. The summed E-state index contributed by atoms with van der Waals surface area (Å²) in [6.07, 6.45) is 9.47. The second kappa shape index (κ2) is 12.1. The Morgan fingerprint density at radius 2 is 1.86 bits per heavy atom. The van der Waals surface area contributed by atoms with E-state index in [1.165, 1.54) is 5.56 Å². The lowest BCUT2D eigenvalue weighted by Gasteiger charge is -2.34. The molecule has 1 aliphatic carbocycles. The van der Waals surface area contributed by atoms with Gasteiger partial charge in [0.15, 0.2) is 0 Å². The first-order valence-electron chi connectivity index (χ1n) is 11.1. The number of carbonyl (C=O) groups is 1. The predicted octanol–water partition coefficient (Wildman–Crippen LogP) is 3.46. The number of benzene rings is 1. The molecule has 5 heteroatoms. The van der Waals surface area contributed by atoms with E-state index in [0.29, 0.717) is 6.61 Å². The summed E-state index contributed by atoms with van der Waals surface area (Å²) in [5.74, 6) is 0.00274. The molecule has 3 rings (SSSR count). The second-order valence-electron chi connectivity index (χ2n) is 8.20. The van der Waals surface area contributed by atoms with Crippen molar-refractivity contribution in [1.29, 1.82) is 0 Å². The molecule has 1 saturated carbocycles. The van der Waals surface area contributed by atoms with E-state index in [9.17, 15) is 4.79 Å². The van der Waals surface area contributed by atoms with Crippen LogP contribution in [-0.4, -0.2) is 74.9 Å². The number of piperazine rings is 1. The van der Waals surface area contributed by atoms with Crippen molar-refractivity contribution in [3.63, 3.8) is 0 Å². The quantitative estimate of drug-likeness (QED) is 0.469. The molecule has 2 aliphatic rings. The van der Waals surface area contributed by atoms with E-state index < -0.39 is 0 Å². The van der Waals surface area contributed by atoms with Crippen molar-refractivity contribution >= 4 is 12.0 Å². The molecule has 1 aromatic carbocycles. The normalized spacial score (nSPS) is 24.0. The smallest absolute Gasteiger partial charge is 0.309 e. The Hall–Kier alpha value is -1.69. The maximum absolute atomic E-state index is 12.3. The standard InChI is InChI=1S/C24H36N2O3/c1-28-23-12-5-11-22(20-23)24(27)29-19-7-14-26-17-15-25(16-18-26)13-6-10-21-8-3-2-4-9-21/h2-4,6,8-10,22-23H,5,7,11-20H2,1H3/b10-6+. The third kappa shape index (κ3) is 7.57. The molecule has 0 radical (unpaired) electrons. The number of methoxy groups -OCH3 is 1. The number of hydrogen-bond donors (Lipinski definition) is 0. The summed E-state index contributed by atoms with van der Waals surface area (Å²) in [6.45, 7) is 6.92. The summed E-state index contributed by atoms with van der Waals surface area (Å²) in [5, 5.41) is 0. The van der Waals surface area contributed by atoms with E-state index in [-0.39, 0.29) is 18.0 Å². The molecule has 1 saturated heterocycles. The van der Waals surface area contributed by atoms with Gasteiger partial charge in [-0.2, -0.15) is 0 Å². The highest BCUT2D eigenvalue weighted by molar-refractivity contribution is 5.72. The molecular formula is C24H36N2O3. The highest BCUT2D eigenvalue weighted by Gasteiger charge is 2.28. The topological polar surface area (TPSA) is 42.0 Å². The van der Waals surface area contributed by atoms with Crippen molar-refractivity contribution in [2.75, 3.05) is 53.0 Å². The first-order valence-corrected chi connectivity index (χ1v) is 11.1. The molecule has 0 amide bonds. The minimum Gasteiger partial charge on any atom is -0.465 e. The maximum atomic E-state index is 12.3. The van der Waals surface area contributed by atoms with Gasteiger partial charge in [-0.15, -0.1) is 0 Å². The summed E-state index contributed by atoms with van der Waals surface area (Å²) < 4.78 is 11.0. The monoisotopic (exact) mass is 400 g/mol. The van der Waals surface area contributed by atoms with Gasteiger partial charge in [-0.25, -0.2) is 0 Å². The molecule has 1 aromatic rings. The Morgan fingerprint density at radius 3 is 2.62 bits per heavy atom. The molecule has 0 bridgehead atoms. The van der Waals surface area contributed by atoms with Crippen LogP contribution in [0.15, 0.2) is 36.4 Å². The van der Waals surface area contributed by atoms with Crippen molar-refractivity contribution in [1.82, 2.24) is 9.80 Å². The van der Waals surface area contributed by atoms with Crippen molar-refractivity contribution < 1.29 is 14.3 Å². The number of rotatable bonds is 9. The number of carbonyl (C=O) groups excluding carboxylic acids is 1. The molecule has 0 aromatic heterocycles. The van der Waals surface area contributed by atoms with Crippen LogP contribution in [0.3, 0.4) is 0 Å². The zero-order valence-corrected chi connectivity index (χ0v) is 17.8. The van der Waals surface area contributed by atoms with E-state index >= 15 is 0 Å². The molecule has 2 unspecified atom stereocenters. The molecule has 0 spiro atoms. The molecule has 160 valence electrons. The van der Waals surface area contributed by atoms with Crippen LogP contribution >= 0.6 is 0 Å². The molecule has 5 nitrogen and oxygen atoms in total. The van der Waals surface area contributed by atoms with Crippen LogP contribution in [0.4, 0.5) is 0 Å². The van der Waals surface area contributed by atoms with Crippen molar-refractivity contribution in [2.45, 2.75) is 38.2 Å². The molecule has 29 heavy (non-hydrogen) atoms. The zero-order chi connectivity index (χ0) is 20.3. The van der Waals surface area contributed by atoms with Crippen LogP contribution in [0.1, 0.15) is 37.7 Å². The van der Waals surface area contributed by atoms with Crippen LogP contribution < -0.4 is 0 Å². The van der Waals surface area contributed by atoms with Gasteiger partial charge >= 0.3 is 5.97 Å². The van der Waals surface area contributed by atoms with E-state index in [0.717, 1.165) is 71.4 Å². The number of esters is 1. The van der Waals surface area contributed by atoms with Crippen molar-refractivity contribution in [3.8, 4) is 0 Å². The number of ether oxygens (including phenoxy) is 2. The second-order valence-corrected chi connectivity index (χ2v) is 8.20. The van der Waals surface area contributed by atoms with Crippen LogP contribution in [0, 0.1) is 5.92 Å². The highest BCUT2D eigenvalue weighted by Crippen LogP contribution is 2.27. The Balaban J connectivity index is 1.25. The van der Waals surface area contributed by atoms with Gasteiger partial charge in [0.05, 0.1) is 18.6 Å². The fourth-order valence-electron chi connectivity index (χ4n) is 4.25. The summed E-state index contributed by atoms with van der Waals surface area (Å²) in [5.41, 5.74) is 1.26. The SMILES string of the molecule is COC1CCCC(C(=O)OCCCN2CCN(C/C=C/c3ccccc3)CC2)C1. The van der Waals surface area contributed by atoms with Gasteiger partial charge < -0.3 is 14.4 Å². The fourth-order valence-corrected chi connectivity index (χ4v) is 4.25. The first-order chi connectivity index (χ1) is 14.2. The van der Waals surface area contributed by atoms with Crippen LogP contribution in [0.2, 0.25) is 0 Å². The third-order valence-electron chi connectivity index (χ3n) is 6.09. The maximum Gasteiger partial charge on any atom is 0.309 e. The predicted molar refractivity (Wildman–Crippen MR) is 117 cm³/mol. The largest absolute Gasteiger partial charge is 0.465 e. The Morgan fingerprint density at radius 1 is 1.10 bits per heavy atom. The van der Waals surface area contributed by atoms with Gasteiger partial charge in [-0.1, -0.05) is 48.9 Å². The summed E-state index contributed by atoms with van der Waals surface area (Å²) in [4.78, 5) is 17.2. The van der Waals surface area contributed by atoms with Gasteiger partial charge in [-0.3, -0.25) is 9.69 Å². The van der Waals surface area contributed by atoms with E-state index in [4.69, 9.17) is 9.47 Å². The van der Waals surface area contributed by atoms with Crippen LogP contribution in [0.25, 0.3) is 6.08 Å². The highest BCUT2D eigenvalue weighted by atomic mass is 16.5. The van der Waals surface area contributed by atoms with Gasteiger partial charge in [0.2, 0.25) is 0 Å². The average Bonchev–Trinajstić information content (AvgIpc) is 2.78. The molecule has 1 aliphatic heterocycles. The van der Waals surface area contributed by atoms with Crippen LogP contribution in [-0.2, 0) is 14.3 Å². The number of nitrogens with zero attached hydrogens (tertiary/aromatic N) is 2. The minimum atomic E-state index is -0.0261.